The molecule has 3 rings (SSSR count). The van der Waals surface area contributed by atoms with Gasteiger partial charge < -0.3 is 14.2 Å². The molecule has 1 aromatic carbocycles. The van der Waals surface area contributed by atoms with Crippen LogP contribution in [0.15, 0.2) is 36.7 Å². The number of rotatable bonds is 4. The van der Waals surface area contributed by atoms with E-state index in [1.54, 1.807) is 18.3 Å². The first-order chi connectivity index (χ1) is 11.5. The van der Waals surface area contributed by atoms with Crippen LogP contribution in [0.1, 0.15) is 25.8 Å². The minimum absolute atomic E-state index is 0.223. The second kappa shape index (κ2) is 6.84. The van der Waals surface area contributed by atoms with Crippen molar-refractivity contribution in [2.45, 2.75) is 32.2 Å². The first-order valence-electron chi connectivity index (χ1n) is 8.07. The predicted molar refractivity (Wildman–Crippen MR) is 84.7 cm³/mol. The van der Waals surface area contributed by atoms with Gasteiger partial charge in [0.05, 0.1) is 0 Å². The van der Waals surface area contributed by atoms with E-state index in [4.69, 9.17) is 0 Å². The summed E-state index contributed by atoms with van der Waals surface area (Å²) in [5.41, 5.74) is 0.781. The zero-order valence-electron chi connectivity index (χ0n) is 13.5. The highest BCUT2D eigenvalue weighted by Crippen LogP contribution is 2.29. The van der Waals surface area contributed by atoms with Crippen molar-refractivity contribution in [3.05, 3.63) is 36.7 Å². The Morgan fingerprint density at radius 2 is 2.00 bits per heavy atom. The lowest BCUT2D eigenvalue weighted by Gasteiger charge is -2.33. The van der Waals surface area contributed by atoms with Gasteiger partial charge in [-0.25, -0.2) is 4.98 Å². The molecular formula is C17H20F3N3O. The van der Waals surface area contributed by atoms with Crippen molar-refractivity contribution >= 4 is 0 Å². The van der Waals surface area contributed by atoms with Gasteiger partial charge in [-0.05, 0) is 50.2 Å². The molecule has 0 saturated carbocycles. The van der Waals surface area contributed by atoms with Gasteiger partial charge in [-0.15, -0.1) is 13.2 Å². The molecule has 1 saturated heterocycles. The van der Waals surface area contributed by atoms with E-state index in [1.807, 2.05) is 6.20 Å². The van der Waals surface area contributed by atoms with Crippen LogP contribution < -0.4 is 4.74 Å². The summed E-state index contributed by atoms with van der Waals surface area (Å²) >= 11 is 0. The van der Waals surface area contributed by atoms with Gasteiger partial charge in [0.15, 0.2) is 0 Å². The van der Waals surface area contributed by atoms with Crippen molar-refractivity contribution in [1.29, 1.82) is 0 Å². The van der Waals surface area contributed by atoms with Crippen LogP contribution in [0.3, 0.4) is 0 Å². The molecule has 2 heterocycles. The number of likely N-dealkylation sites (tertiary alicyclic amines) is 1. The van der Waals surface area contributed by atoms with Crippen LogP contribution in [0.2, 0.25) is 0 Å². The summed E-state index contributed by atoms with van der Waals surface area (Å²) in [4.78, 5) is 6.80. The first kappa shape index (κ1) is 16.8. The van der Waals surface area contributed by atoms with E-state index in [2.05, 4.69) is 26.1 Å². The Morgan fingerprint density at radius 1 is 1.25 bits per heavy atom. The monoisotopic (exact) mass is 339 g/mol. The smallest absolute Gasteiger partial charge is 0.406 e. The van der Waals surface area contributed by atoms with Crippen molar-refractivity contribution in [2.75, 3.05) is 19.6 Å². The van der Waals surface area contributed by atoms with E-state index >= 15 is 0 Å². The largest absolute Gasteiger partial charge is 0.573 e. The molecule has 0 bridgehead atoms. The fourth-order valence-corrected chi connectivity index (χ4v) is 3.18. The number of nitrogens with zero attached hydrogens (tertiary/aromatic N) is 3. The number of hydrogen-bond acceptors (Lipinski definition) is 3. The molecule has 1 fully saturated rings. The Hall–Kier alpha value is -2.02. The lowest BCUT2D eigenvalue weighted by atomic mass is 10.0. The van der Waals surface area contributed by atoms with Gasteiger partial charge in [-0.2, -0.15) is 0 Å². The van der Waals surface area contributed by atoms with Crippen molar-refractivity contribution in [2.24, 2.45) is 0 Å². The standard InChI is InChI=1S/C17H20F3N3O/c1-2-22-10-3-4-14(12-22)23-11-9-21-16(23)13-5-7-15(8-6-13)24-17(18,19)20/h5-9,11,14H,2-4,10,12H2,1H3. The third-order valence-corrected chi connectivity index (χ3v) is 4.34. The highest BCUT2D eigenvalue weighted by molar-refractivity contribution is 5.57. The number of hydrogen-bond donors (Lipinski definition) is 0. The molecule has 0 radical (unpaired) electrons. The summed E-state index contributed by atoms with van der Waals surface area (Å²) in [5, 5.41) is 0. The maximum Gasteiger partial charge on any atom is 0.573 e. The van der Waals surface area contributed by atoms with Crippen LogP contribution in [0.25, 0.3) is 11.4 Å². The minimum Gasteiger partial charge on any atom is -0.406 e. The lowest BCUT2D eigenvalue weighted by Crippen LogP contribution is -2.36. The Kier molecular flexibility index (Phi) is 4.80. The van der Waals surface area contributed by atoms with Crippen molar-refractivity contribution in [1.82, 2.24) is 14.5 Å². The van der Waals surface area contributed by atoms with Crippen LogP contribution in [-0.2, 0) is 0 Å². The molecule has 130 valence electrons. The third-order valence-electron chi connectivity index (χ3n) is 4.34. The summed E-state index contributed by atoms with van der Waals surface area (Å²) in [6.45, 7) is 5.25. The van der Waals surface area contributed by atoms with E-state index in [0.717, 1.165) is 43.9 Å². The number of halogens is 3. The lowest BCUT2D eigenvalue weighted by molar-refractivity contribution is -0.274. The fourth-order valence-electron chi connectivity index (χ4n) is 3.18. The molecule has 24 heavy (non-hydrogen) atoms. The van der Waals surface area contributed by atoms with E-state index in [1.165, 1.54) is 12.1 Å². The first-order valence-corrected chi connectivity index (χ1v) is 8.07. The maximum absolute atomic E-state index is 12.2. The van der Waals surface area contributed by atoms with Gasteiger partial charge >= 0.3 is 6.36 Å². The molecule has 0 N–H and O–H groups in total. The molecule has 7 heteroatoms. The van der Waals surface area contributed by atoms with Crippen molar-refractivity contribution in [3.63, 3.8) is 0 Å². The zero-order chi connectivity index (χ0) is 17.2. The second-order valence-corrected chi connectivity index (χ2v) is 5.92. The SMILES string of the molecule is CCN1CCCC(n2ccnc2-c2ccc(OC(F)(F)F)cc2)C1. The molecule has 0 amide bonds. The molecule has 1 aromatic heterocycles. The second-order valence-electron chi connectivity index (χ2n) is 5.92. The normalized spacial score (nSPS) is 19.4. The number of imidazole rings is 1. The van der Waals surface area contributed by atoms with E-state index in [-0.39, 0.29) is 5.75 Å². The Labute approximate surface area is 138 Å². The number of likely N-dealkylation sites (N-methyl/N-ethyl adjacent to an activating group) is 1. The molecular weight excluding hydrogens is 319 g/mol. The molecule has 1 atom stereocenters. The zero-order valence-corrected chi connectivity index (χ0v) is 13.5. The number of benzene rings is 1. The molecule has 1 aliphatic heterocycles. The third kappa shape index (κ3) is 3.90. The Bertz CT molecular complexity index is 666. The average molecular weight is 339 g/mol. The molecule has 2 aromatic rings. The maximum atomic E-state index is 12.2. The Balaban J connectivity index is 1.80. The fraction of sp³-hybridized carbons (Fsp3) is 0.471. The quantitative estimate of drug-likeness (QED) is 0.840. The minimum atomic E-state index is -4.67. The molecule has 1 unspecified atom stereocenters. The summed E-state index contributed by atoms with van der Waals surface area (Å²) in [6.07, 6.45) is 1.22. The topological polar surface area (TPSA) is 30.3 Å². The van der Waals surface area contributed by atoms with Gasteiger partial charge in [-0.1, -0.05) is 6.92 Å². The molecule has 4 nitrogen and oxygen atoms in total. The summed E-state index contributed by atoms with van der Waals surface area (Å²) in [6, 6.07) is 6.20. The molecule has 0 spiro atoms. The van der Waals surface area contributed by atoms with Gasteiger partial charge in [0.2, 0.25) is 0 Å². The van der Waals surface area contributed by atoms with Crippen LogP contribution in [0, 0.1) is 0 Å². The van der Waals surface area contributed by atoms with Gasteiger partial charge in [0.25, 0.3) is 0 Å². The van der Waals surface area contributed by atoms with Gasteiger partial charge in [-0.3, -0.25) is 0 Å². The van der Waals surface area contributed by atoms with Gasteiger partial charge in [0, 0.05) is 30.5 Å². The highest BCUT2D eigenvalue weighted by Gasteiger charge is 2.31. The van der Waals surface area contributed by atoms with E-state index in [0.29, 0.717) is 6.04 Å². The van der Waals surface area contributed by atoms with E-state index in [9.17, 15) is 13.2 Å². The van der Waals surface area contributed by atoms with Crippen LogP contribution >= 0.6 is 0 Å². The summed E-state index contributed by atoms with van der Waals surface area (Å²) in [5.74, 6) is 0.552. The molecule has 0 aliphatic carbocycles. The van der Waals surface area contributed by atoms with E-state index < -0.39 is 6.36 Å². The number of alkyl halides is 3. The van der Waals surface area contributed by atoms with Gasteiger partial charge in [0.1, 0.15) is 11.6 Å². The molecule has 1 aliphatic rings. The van der Waals surface area contributed by atoms with Crippen molar-refractivity contribution in [3.8, 4) is 17.1 Å². The van der Waals surface area contributed by atoms with Crippen LogP contribution in [-0.4, -0.2) is 40.4 Å². The number of aromatic nitrogens is 2. The summed E-state index contributed by atoms with van der Waals surface area (Å²) in [7, 11) is 0. The van der Waals surface area contributed by atoms with Crippen LogP contribution in [0.4, 0.5) is 13.2 Å². The van der Waals surface area contributed by atoms with Crippen LogP contribution in [0.5, 0.6) is 5.75 Å². The Morgan fingerprint density at radius 3 is 2.67 bits per heavy atom. The number of piperidine rings is 1. The predicted octanol–water partition coefficient (Wildman–Crippen LogP) is 4.11. The summed E-state index contributed by atoms with van der Waals surface area (Å²) < 4.78 is 42.8. The van der Waals surface area contributed by atoms with Crippen molar-refractivity contribution < 1.29 is 17.9 Å². The number of ether oxygens (including phenoxy) is 1. The average Bonchev–Trinajstić information content (AvgIpc) is 3.04. The highest BCUT2D eigenvalue weighted by atomic mass is 19.4.